The van der Waals surface area contributed by atoms with Gasteiger partial charge >= 0.3 is 0 Å². The molecule has 0 bridgehead atoms. The van der Waals surface area contributed by atoms with E-state index in [1.165, 1.54) is 0 Å². The minimum Gasteiger partial charge on any atom is -0.379 e. The quantitative estimate of drug-likeness (QED) is 0.344. The topological polar surface area (TPSA) is 123 Å². The fourth-order valence-electron chi connectivity index (χ4n) is 5.22. The van der Waals surface area contributed by atoms with E-state index in [0.29, 0.717) is 56.7 Å². The molecule has 1 saturated heterocycles. The Hall–Kier alpha value is -2.37. The Kier molecular flexibility index (Phi) is 8.44. The number of nitrogens with two attached hydrogens (primary N) is 1. The fourth-order valence-corrected chi connectivity index (χ4v) is 6.13. The highest BCUT2D eigenvalue weighted by Crippen LogP contribution is 2.40. The highest BCUT2D eigenvalue weighted by Gasteiger charge is 2.29. The Labute approximate surface area is 236 Å². The molecule has 1 saturated carbocycles. The molecular formula is C25H31Cl3N8O2. The van der Waals surface area contributed by atoms with Crippen LogP contribution in [0.3, 0.4) is 0 Å². The zero-order chi connectivity index (χ0) is 26.8. The number of imidazole rings is 1. The number of hydrogen-bond donors (Lipinski definition) is 3. The minimum absolute atomic E-state index is 0.0523. The largest absolute Gasteiger partial charge is 0.379 e. The number of fused-ring (bicyclic) bond motifs is 1. The normalized spacial score (nSPS) is 21.4. The average molecular weight is 582 g/mol. The first-order valence-corrected chi connectivity index (χ1v) is 13.9. The number of carbonyl (C=O) groups excluding carboxylic acids is 1. The molecule has 3 aromatic rings. The number of benzene rings is 1. The summed E-state index contributed by atoms with van der Waals surface area (Å²) in [4.78, 5) is 28.3. The lowest BCUT2D eigenvalue weighted by atomic mass is 9.85. The Morgan fingerprint density at radius 2 is 1.82 bits per heavy atom. The highest BCUT2D eigenvalue weighted by atomic mass is 35.5. The van der Waals surface area contributed by atoms with E-state index in [9.17, 15) is 4.79 Å². The van der Waals surface area contributed by atoms with E-state index in [2.05, 4.69) is 32.0 Å². The van der Waals surface area contributed by atoms with Crippen molar-refractivity contribution >= 4 is 69.5 Å². The molecule has 1 atom stereocenters. The molecule has 2 aromatic heterocycles. The summed E-state index contributed by atoms with van der Waals surface area (Å²) in [5, 5.41) is 7.93. The number of aromatic nitrogens is 4. The van der Waals surface area contributed by atoms with Gasteiger partial charge in [0.05, 0.1) is 35.1 Å². The number of carbonyl (C=O) groups is 1. The lowest BCUT2D eigenvalue weighted by Gasteiger charge is -2.29. The predicted octanol–water partition coefficient (Wildman–Crippen LogP) is 4.88. The van der Waals surface area contributed by atoms with Crippen LogP contribution in [0.25, 0.3) is 11.2 Å². The van der Waals surface area contributed by atoms with Crippen LogP contribution in [0.15, 0.2) is 18.3 Å². The number of nitrogens with zero attached hydrogens (tertiary/aromatic N) is 5. The Morgan fingerprint density at radius 1 is 1.13 bits per heavy atom. The maximum atomic E-state index is 11.8. The van der Waals surface area contributed by atoms with E-state index in [1.807, 2.05) is 0 Å². The summed E-state index contributed by atoms with van der Waals surface area (Å²) in [5.41, 5.74) is 7.41. The molecule has 2 aliphatic rings. The van der Waals surface area contributed by atoms with Gasteiger partial charge in [0.15, 0.2) is 5.65 Å². The van der Waals surface area contributed by atoms with E-state index < -0.39 is 0 Å². The van der Waals surface area contributed by atoms with Gasteiger partial charge in [-0.3, -0.25) is 14.3 Å². The molecule has 0 spiro atoms. The van der Waals surface area contributed by atoms with Crippen molar-refractivity contribution in [3.05, 3.63) is 33.4 Å². The van der Waals surface area contributed by atoms with Gasteiger partial charge in [-0.05, 0) is 44.7 Å². The van der Waals surface area contributed by atoms with Gasteiger partial charge in [0.2, 0.25) is 17.8 Å². The van der Waals surface area contributed by atoms with Gasteiger partial charge in [0.1, 0.15) is 5.52 Å². The number of primary amides is 1. The molecule has 1 amide bonds. The molecule has 204 valence electrons. The third kappa shape index (κ3) is 6.10. The summed E-state index contributed by atoms with van der Waals surface area (Å²) in [6.45, 7) is 6.31. The second-order valence-electron chi connectivity index (χ2n) is 9.94. The molecule has 38 heavy (non-hydrogen) atoms. The number of amides is 1. The maximum absolute atomic E-state index is 11.8. The van der Waals surface area contributed by atoms with Crippen LogP contribution >= 0.6 is 34.8 Å². The van der Waals surface area contributed by atoms with Gasteiger partial charge in [0, 0.05) is 42.7 Å². The summed E-state index contributed by atoms with van der Waals surface area (Å²) in [6.07, 6.45) is 4.64. The summed E-state index contributed by atoms with van der Waals surface area (Å²) >= 11 is 19.0. The third-order valence-corrected chi connectivity index (χ3v) is 7.97. The highest BCUT2D eigenvalue weighted by molar-refractivity contribution is 6.41. The number of anilines is 3. The van der Waals surface area contributed by atoms with Gasteiger partial charge in [-0.2, -0.15) is 4.98 Å². The lowest BCUT2D eigenvalue weighted by molar-refractivity contribution is -0.122. The zero-order valence-corrected chi connectivity index (χ0v) is 23.4. The Bertz CT molecular complexity index is 1280. The van der Waals surface area contributed by atoms with Gasteiger partial charge in [-0.1, -0.05) is 34.8 Å². The van der Waals surface area contributed by atoms with E-state index in [4.69, 9.17) is 55.2 Å². The molecule has 0 radical (unpaired) electrons. The second-order valence-corrected chi connectivity index (χ2v) is 11.2. The molecule has 3 heterocycles. The van der Waals surface area contributed by atoms with Crippen molar-refractivity contribution in [2.45, 2.75) is 44.7 Å². The van der Waals surface area contributed by atoms with Crippen LogP contribution in [0, 0.1) is 5.92 Å². The molecule has 4 N–H and O–H groups in total. The van der Waals surface area contributed by atoms with Crippen LogP contribution in [-0.2, 0) is 9.53 Å². The summed E-state index contributed by atoms with van der Waals surface area (Å²) in [5.74, 6) is 0.700. The van der Waals surface area contributed by atoms with E-state index in [1.54, 1.807) is 18.3 Å². The summed E-state index contributed by atoms with van der Waals surface area (Å²) in [7, 11) is 0. The number of morpholine rings is 1. The molecule has 2 fully saturated rings. The Balaban J connectivity index is 1.46. The van der Waals surface area contributed by atoms with Crippen LogP contribution in [0.4, 0.5) is 17.6 Å². The standard InChI is InChI=1S/C25H31Cl3N8O2/c1-14(13-35-6-8-38-9-7-35)31-24-30-12-20-23(34-24)36(17-4-2-15(3-5-17)22(29)37)25(32-20)33-21-18(27)10-16(26)11-19(21)28/h10-12,14-15,17H,2-9,13H2,1H3,(H2,29,37)(H,32,33)(H,30,31,34)/t14?,15-,17+. The SMILES string of the molecule is CC(CN1CCOCC1)Nc1ncc2nc(Nc3c(Cl)cc(Cl)cc3Cl)n([C@H]3CC[C@@H](C(N)=O)CC3)c2n1. The van der Waals surface area contributed by atoms with Gasteiger partial charge in [-0.15, -0.1) is 0 Å². The van der Waals surface area contributed by atoms with Crippen molar-refractivity contribution in [2.75, 3.05) is 43.5 Å². The third-order valence-electron chi connectivity index (χ3n) is 7.15. The molecular weight excluding hydrogens is 551 g/mol. The number of rotatable bonds is 8. The first kappa shape index (κ1) is 27.2. The minimum atomic E-state index is -0.250. The first-order chi connectivity index (χ1) is 18.3. The van der Waals surface area contributed by atoms with Crippen LogP contribution in [0.5, 0.6) is 0 Å². The molecule has 1 aliphatic carbocycles. The number of hydrogen-bond acceptors (Lipinski definition) is 8. The number of halogens is 3. The lowest BCUT2D eigenvalue weighted by Crippen LogP contribution is -2.42. The van der Waals surface area contributed by atoms with Crippen LogP contribution in [0.2, 0.25) is 15.1 Å². The molecule has 13 heteroatoms. The van der Waals surface area contributed by atoms with Crippen molar-refractivity contribution in [3.63, 3.8) is 0 Å². The average Bonchev–Trinajstić information content (AvgIpc) is 3.24. The zero-order valence-electron chi connectivity index (χ0n) is 21.1. The van der Waals surface area contributed by atoms with Gasteiger partial charge in [0.25, 0.3) is 0 Å². The predicted molar refractivity (Wildman–Crippen MR) is 151 cm³/mol. The van der Waals surface area contributed by atoms with Crippen molar-refractivity contribution < 1.29 is 9.53 Å². The molecule has 1 unspecified atom stereocenters. The van der Waals surface area contributed by atoms with Crippen molar-refractivity contribution in [1.82, 2.24) is 24.4 Å². The monoisotopic (exact) mass is 580 g/mol. The van der Waals surface area contributed by atoms with Crippen LogP contribution in [-0.4, -0.2) is 69.2 Å². The molecule has 10 nitrogen and oxygen atoms in total. The summed E-state index contributed by atoms with van der Waals surface area (Å²) in [6, 6.07) is 3.44. The molecule has 1 aliphatic heterocycles. The first-order valence-electron chi connectivity index (χ1n) is 12.8. The van der Waals surface area contributed by atoms with E-state index in [0.717, 1.165) is 45.7 Å². The van der Waals surface area contributed by atoms with Gasteiger partial charge in [-0.25, -0.2) is 9.97 Å². The van der Waals surface area contributed by atoms with Crippen molar-refractivity contribution in [1.29, 1.82) is 0 Å². The summed E-state index contributed by atoms with van der Waals surface area (Å²) < 4.78 is 7.52. The van der Waals surface area contributed by atoms with E-state index in [-0.39, 0.29) is 23.9 Å². The fraction of sp³-hybridized carbons (Fsp3) is 0.520. The smallest absolute Gasteiger partial charge is 0.225 e. The molecule has 1 aromatic carbocycles. The van der Waals surface area contributed by atoms with Crippen LogP contribution < -0.4 is 16.4 Å². The van der Waals surface area contributed by atoms with Crippen LogP contribution in [0.1, 0.15) is 38.6 Å². The Morgan fingerprint density at radius 3 is 2.47 bits per heavy atom. The van der Waals surface area contributed by atoms with E-state index >= 15 is 0 Å². The number of nitrogens with one attached hydrogen (secondary N) is 2. The maximum Gasteiger partial charge on any atom is 0.225 e. The van der Waals surface area contributed by atoms with Crippen molar-refractivity contribution in [3.8, 4) is 0 Å². The second kappa shape index (κ2) is 11.8. The van der Waals surface area contributed by atoms with Gasteiger partial charge < -0.3 is 21.1 Å². The van der Waals surface area contributed by atoms with Crippen molar-refractivity contribution in [2.24, 2.45) is 11.7 Å². The molecule has 5 rings (SSSR count). The number of ether oxygens (including phenoxy) is 1.